The van der Waals surface area contributed by atoms with Crippen molar-refractivity contribution in [2.45, 2.75) is 39.0 Å². The lowest BCUT2D eigenvalue weighted by Crippen LogP contribution is -2.52. The van der Waals surface area contributed by atoms with Gasteiger partial charge < -0.3 is 4.74 Å². The maximum atomic E-state index is 6.36. The molecule has 98 valence electrons. The summed E-state index contributed by atoms with van der Waals surface area (Å²) in [6, 6.07) is 10.7. The van der Waals surface area contributed by atoms with Crippen LogP contribution in [0.25, 0.3) is 0 Å². The highest BCUT2D eigenvalue weighted by Crippen LogP contribution is 2.36. The van der Waals surface area contributed by atoms with Crippen LogP contribution in [0.15, 0.2) is 30.3 Å². The van der Waals surface area contributed by atoms with Crippen LogP contribution in [0.1, 0.15) is 38.4 Å². The van der Waals surface area contributed by atoms with E-state index in [9.17, 15) is 0 Å². The zero-order valence-corrected chi connectivity index (χ0v) is 11.4. The first kappa shape index (κ1) is 12.2. The highest BCUT2D eigenvalue weighted by Gasteiger charge is 2.37. The van der Waals surface area contributed by atoms with E-state index in [0.717, 1.165) is 12.3 Å². The number of piperidine rings is 1. The molecule has 18 heavy (non-hydrogen) atoms. The predicted octanol–water partition coefficient (Wildman–Crippen LogP) is 3.45. The molecule has 2 nitrogen and oxygen atoms in total. The van der Waals surface area contributed by atoms with Crippen molar-refractivity contribution in [1.82, 2.24) is 4.90 Å². The van der Waals surface area contributed by atoms with Gasteiger partial charge in [0, 0.05) is 13.1 Å². The number of hydrogen-bond donors (Lipinski definition) is 0. The van der Waals surface area contributed by atoms with Crippen molar-refractivity contribution in [3.8, 4) is 0 Å². The number of benzene rings is 1. The van der Waals surface area contributed by atoms with Crippen LogP contribution < -0.4 is 0 Å². The number of nitrogens with zero attached hydrogens (tertiary/aromatic N) is 1. The Kier molecular flexibility index (Phi) is 3.40. The molecule has 0 aromatic heterocycles. The van der Waals surface area contributed by atoms with E-state index >= 15 is 0 Å². The van der Waals surface area contributed by atoms with Crippen LogP contribution in [-0.4, -0.2) is 24.2 Å². The average Bonchev–Trinajstić information content (AvgIpc) is 2.39. The molecule has 0 aliphatic carbocycles. The lowest BCUT2D eigenvalue weighted by atomic mass is 9.88. The molecule has 1 aromatic carbocycles. The molecule has 2 saturated heterocycles. The van der Waals surface area contributed by atoms with E-state index in [2.05, 4.69) is 49.1 Å². The summed E-state index contributed by atoms with van der Waals surface area (Å²) in [7, 11) is 0. The summed E-state index contributed by atoms with van der Waals surface area (Å²) in [6.45, 7) is 7.08. The molecule has 0 radical (unpaired) electrons. The first-order valence-electron chi connectivity index (χ1n) is 7.18. The Morgan fingerprint density at radius 2 is 1.94 bits per heavy atom. The van der Waals surface area contributed by atoms with Crippen LogP contribution >= 0.6 is 0 Å². The Balaban J connectivity index is 1.73. The normalized spacial score (nSPS) is 37.2. The lowest BCUT2D eigenvalue weighted by molar-refractivity contribution is -0.185. The molecule has 0 N–H and O–H groups in total. The third kappa shape index (κ3) is 2.32. The van der Waals surface area contributed by atoms with E-state index in [1.165, 1.54) is 25.1 Å². The molecule has 0 spiro atoms. The van der Waals surface area contributed by atoms with E-state index < -0.39 is 0 Å². The summed E-state index contributed by atoms with van der Waals surface area (Å²) in [4.78, 5) is 2.54. The molecule has 0 saturated carbocycles. The molecule has 3 rings (SSSR count). The molecule has 2 aliphatic rings. The minimum Gasteiger partial charge on any atom is -0.355 e. The molecule has 2 heteroatoms. The van der Waals surface area contributed by atoms with Crippen molar-refractivity contribution in [3.63, 3.8) is 0 Å². The Hall–Kier alpha value is -0.860. The summed E-state index contributed by atoms with van der Waals surface area (Å²) in [5, 5.41) is 0. The van der Waals surface area contributed by atoms with E-state index in [0.29, 0.717) is 18.2 Å². The summed E-state index contributed by atoms with van der Waals surface area (Å²) in [6.07, 6.45) is 3.05. The standard InChI is InChI=1S/C16H23NO/c1-12-10-13(2)16-17(11-12)9-8-15(18-16)14-6-4-3-5-7-14/h3-7,12-13,15-16H,8-11H2,1-2H3. The molecular formula is C16H23NO. The van der Waals surface area contributed by atoms with Crippen LogP contribution in [0.4, 0.5) is 0 Å². The van der Waals surface area contributed by atoms with Gasteiger partial charge in [-0.2, -0.15) is 0 Å². The van der Waals surface area contributed by atoms with E-state index in [-0.39, 0.29) is 0 Å². The molecule has 4 unspecified atom stereocenters. The van der Waals surface area contributed by atoms with Gasteiger partial charge in [0.2, 0.25) is 0 Å². The van der Waals surface area contributed by atoms with Gasteiger partial charge in [-0.05, 0) is 30.2 Å². The second kappa shape index (κ2) is 5.02. The molecule has 4 atom stereocenters. The molecular weight excluding hydrogens is 222 g/mol. The van der Waals surface area contributed by atoms with E-state index in [1.807, 2.05) is 0 Å². The first-order chi connectivity index (χ1) is 8.74. The molecule has 2 aliphatic heterocycles. The molecule has 2 heterocycles. The third-order valence-corrected chi connectivity index (χ3v) is 4.32. The number of ether oxygens (including phenoxy) is 1. The van der Waals surface area contributed by atoms with Crippen LogP contribution in [0.5, 0.6) is 0 Å². The molecule has 2 fully saturated rings. The molecule has 0 amide bonds. The van der Waals surface area contributed by atoms with Crippen LogP contribution in [0.3, 0.4) is 0 Å². The van der Waals surface area contributed by atoms with Gasteiger partial charge in [-0.25, -0.2) is 0 Å². The smallest absolute Gasteiger partial charge is 0.114 e. The van der Waals surface area contributed by atoms with Crippen molar-refractivity contribution in [2.24, 2.45) is 11.8 Å². The van der Waals surface area contributed by atoms with Crippen molar-refractivity contribution >= 4 is 0 Å². The van der Waals surface area contributed by atoms with Crippen molar-refractivity contribution in [3.05, 3.63) is 35.9 Å². The summed E-state index contributed by atoms with van der Waals surface area (Å²) >= 11 is 0. The van der Waals surface area contributed by atoms with E-state index in [1.54, 1.807) is 0 Å². The Morgan fingerprint density at radius 3 is 2.72 bits per heavy atom. The van der Waals surface area contributed by atoms with Crippen LogP contribution in [0.2, 0.25) is 0 Å². The number of fused-ring (bicyclic) bond motifs is 1. The summed E-state index contributed by atoms with van der Waals surface area (Å²) in [5.41, 5.74) is 1.34. The topological polar surface area (TPSA) is 12.5 Å². The largest absolute Gasteiger partial charge is 0.355 e. The van der Waals surface area contributed by atoms with Gasteiger partial charge in [-0.1, -0.05) is 44.2 Å². The van der Waals surface area contributed by atoms with Crippen LogP contribution in [0, 0.1) is 11.8 Å². The average molecular weight is 245 g/mol. The van der Waals surface area contributed by atoms with Gasteiger partial charge in [0.15, 0.2) is 0 Å². The maximum Gasteiger partial charge on any atom is 0.114 e. The van der Waals surface area contributed by atoms with Crippen LogP contribution in [-0.2, 0) is 4.74 Å². The van der Waals surface area contributed by atoms with Crippen molar-refractivity contribution in [2.75, 3.05) is 13.1 Å². The second-order valence-electron chi connectivity index (χ2n) is 6.03. The summed E-state index contributed by atoms with van der Waals surface area (Å²) in [5.74, 6) is 1.47. The van der Waals surface area contributed by atoms with Gasteiger partial charge in [-0.15, -0.1) is 0 Å². The zero-order chi connectivity index (χ0) is 12.5. The van der Waals surface area contributed by atoms with Crippen molar-refractivity contribution < 1.29 is 4.74 Å². The van der Waals surface area contributed by atoms with Gasteiger partial charge in [0.1, 0.15) is 6.23 Å². The minimum absolute atomic E-state index is 0.295. The Morgan fingerprint density at radius 1 is 1.17 bits per heavy atom. The fourth-order valence-electron chi connectivity index (χ4n) is 3.56. The van der Waals surface area contributed by atoms with Crippen molar-refractivity contribution in [1.29, 1.82) is 0 Å². The molecule has 0 bridgehead atoms. The molecule has 1 aromatic rings. The zero-order valence-electron chi connectivity index (χ0n) is 11.4. The Labute approximate surface area is 110 Å². The fraction of sp³-hybridized carbons (Fsp3) is 0.625. The Bertz CT molecular complexity index is 391. The summed E-state index contributed by atoms with van der Waals surface area (Å²) < 4.78 is 6.36. The van der Waals surface area contributed by atoms with Gasteiger partial charge in [0.25, 0.3) is 0 Å². The third-order valence-electron chi connectivity index (χ3n) is 4.32. The maximum absolute atomic E-state index is 6.36. The first-order valence-corrected chi connectivity index (χ1v) is 7.18. The lowest BCUT2D eigenvalue weighted by Gasteiger charge is -2.47. The minimum atomic E-state index is 0.295. The highest BCUT2D eigenvalue weighted by atomic mass is 16.5. The van der Waals surface area contributed by atoms with Gasteiger partial charge in [0.05, 0.1) is 6.10 Å². The number of rotatable bonds is 1. The quantitative estimate of drug-likeness (QED) is 0.751. The SMILES string of the molecule is CC1CC(C)C2OC(c3ccccc3)CCN2C1. The highest BCUT2D eigenvalue weighted by molar-refractivity contribution is 5.18. The monoisotopic (exact) mass is 245 g/mol. The predicted molar refractivity (Wildman–Crippen MR) is 73.2 cm³/mol. The van der Waals surface area contributed by atoms with Gasteiger partial charge in [-0.3, -0.25) is 4.90 Å². The second-order valence-corrected chi connectivity index (χ2v) is 6.03. The fourth-order valence-corrected chi connectivity index (χ4v) is 3.56. The van der Waals surface area contributed by atoms with E-state index in [4.69, 9.17) is 4.74 Å². The van der Waals surface area contributed by atoms with Gasteiger partial charge >= 0.3 is 0 Å². The number of hydrogen-bond acceptors (Lipinski definition) is 2.